The van der Waals surface area contributed by atoms with Crippen molar-refractivity contribution in [1.29, 1.82) is 0 Å². The number of hydrogen-bond acceptors (Lipinski definition) is 1. The third-order valence-corrected chi connectivity index (χ3v) is 20.7. The van der Waals surface area contributed by atoms with E-state index in [1.165, 1.54) is 107 Å². The normalized spacial score (nSPS) is 27.3. The molecule has 0 spiro atoms. The molecule has 47 heavy (non-hydrogen) atoms. The minimum absolute atomic E-state index is 0. The zero-order valence-corrected chi connectivity index (χ0v) is 34.9. The van der Waals surface area contributed by atoms with Crippen molar-refractivity contribution < 1.29 is 34.1 Å². The summed E-state index contributed by atoms with van der Waals surface area (Å²) in [4.78, 5) is 2.45. The van der Waals surface area contributed by atoms with E-state index in [0.717, 1.165) is 23.3 Å². The van der Waals surface area contributed by atoms with Gasteiger partial charge in [-0.15, -0.1) is 0 Å². The number of nitrogens with zero attached hydrogens (tertiary/aromatic N) is 1. The first-order chi connectivity index (χ1) is 22.1. The molecule has 1 aromatic rings. The molecule has 0 saturated heterocycles. The third kappa shape index (κ3) is 12.9. The Labute approximate surface area is 316 Å². The second-order valence-corrected chi connectivity index (χ2v) is 22.1. The molecule has 0 bridgehead atoms. The molecular weight excluding hydrogens is 692 g/mol. The second kappa shape index (κ2) is 23.6. The Hall–Kier alpha value is 1.08. The van der Waals surface area contributed by atoms with E-state index in [1.54, 1.807) is 82.4 Å². The van der Waals surface area contributed by atoms with Crippen LogP contribution >= 0.6 is 15.8 Å². The number of rotatable bonds is 8. The summed E-state index contributed by atoms with van der Waals surface area (Å²) in [6, 6.07) is 12.3. The van der Waals surface area contributed by atoms with Crippen molar-refractivity contribution in [3.8, 4) is 0 Å². The summed E-state index contributed by atoms with van der Waals surface area (Å²) < 4.78 is 0. The molecular formula is C42H73Fe2NP2. The van der Waals surface area contributed by atoms with Crippen molar-refractivity contribution in [2.45, 2.75) is 208 Å². The van der Waals surface area contributed by atoms with E-state index in [2.05, 4.69) is 56.3 Å². The molecule has 1 aromatic carbocycles. The fraction of sp³-hybridized carbons (Fsp3) is 0.857. The van der Waals surface area contributed by atoms with Crippen molar-refractivity contribution in [1.82, 2.24) is 4.90 Å². The molecule has 1 nitrogen and oxygen atoms in total. The quantitative estimate of drug-likeness (QED) is 0.188. The van der Waals surface area contributed by atoms with E-state index < -0.39 is 0 Å². The van der Waals surface area contributed by atoms with Crippen LogP contribution < -0.4 is 5.30 Å². The summed E-state index contributed by atoms with van der Waals surface area (Å²) in [5.74, 6) is 0.905. The zero-order chi connectivity index (χ0) is 31.3. The fourth-order valence-electron chi connectivity index (χ4n) is 10.5. The van der Waals surface area contributed by atoms with E-state index in [-0.39, 0.29) is 42.1 Å². The molecule has 0 N–H and O–H groups in total. The van der Waals surface area contributed by atoms with Crippen LogP contribution in [0.4, 0.5) is 0 Å². The van der Waals surface area contributed by atoms with Crippen LogP contribution in [-0.2, 0) is 34.1 Å². The molecule has 4 atom stereocenters. The maximum atomic E-state index is 2.45. The van der Waals surface area contributed by atoms with Crippen LogP contribution in [0.25, 0.3) is 0 Å². The van der Waals surface area contributed by atoms with Gasteiger partial charge in [-0.3, -0.25) is 0 Å². The van der Waals surface area contributed by atoms with Gasteiger partial charge in [0.15, 0.2) is 0 Å². The van der Waals surface area contributed by atoms with Crippen molar-refractivity contribution in [2.75, 3.05) is 14.1 Å². The van der Waals surface area contributed by atoms with Gasteiger partial charge in [-0.05, 0) is 125 Å². The van der Waals surface area contributed by atoms with E-state index in [0.29, 0.717) is 7.92 Å². The van der Waals surface area contributed by atoms with Crippen LogP contribution in [0.2, 0.25) is 0 Å². The minimum atomic E-state index is 0. The number of hydrogen-bond donors (Lipinski definition) is 0. The van der Waals surface area contributed by atoms with E-state index in [4.69, 9.17) is 0 Å². The van der Waals surface area contributed by atoms with E-state index in [1.807, 2.05) is 0 Å². The van der Waals surface area contributed by atoms with Crippen LogP contribution in [0.1, 0.15) is 174 Å². The van der Waals surface area contributed by atoms with Crippen LogP contribution in [0.5, 0.6) is 0 Å². The summed E-state index contributed by atoms with van der Waals surface area (Å²) in [6.45, 7) is 2.45. The minimum Gasteiger partial charge on any atom is -0.306 e. The van der Waals surface area contributed by atoms with Crippen molar-refractivity contribution in [3.63, 3.8) is 0 Å². The van der Waals surface area contributed by atoms with Crippen molar-refractivity contribution in [3.05, 3.63) is 30.3 Å². The van der Waals surface area contributed by atoms with Crippen LogP contribution in [0.15, 0.2) is 30.3 Å². The standard InChI is InChI=1S/C20H32NP.C17H31P.C5H10.2Fe/c1-16(21(2)3)19-14-9-15-20(19)22(18-12-7-8-13-18)17-10-5-4-6-11-17;1-3-9-15(10-4-1)18(17-13-7-8-14-17)16-11-5-2-6-12-16;1-2-4-5-3-1;;/h4-6,10-11,16,18-20H,7-9,12-15H2,1-3H3;15-17H,1-14H2;1-5H2;;/t16-,19?,20?,22?;;;;/m1..../s1. The van der Waals surface area contributed by atoms with Crippen molar-refractivity contribution >= 4 is 21.1 Å². The van der Waals surface area contributed by atoms with Gasteiger partial charge in [-0.25, -0.2) is 0 Å². The Kier molecular flexibility index (Phi) is 21.3. The predicted molar refractivity (Wildman–Crippen MR) is 206 cm³/mol. The monoisotopic (exact) mass is 765 g/mol. The third-order valence-electron chi connectivity index (χ3n) is 13.1. The first-order valence-electron chi connectivity index (χ1n) is 20.4. The molecule has 0 aromatic heterocycles. The summed E-state index contributed by atoms with van der Waals surface area (Å²) >= 11 is 0. The Morgan fingerprint density at radius 3 is 1.30 bits per heavy atom. The second-order valence-electron chi connectivity index (χ2n) is 16.3. The summed E-state index contributed by atoms with van der Waals surface area (Å²) in [5, 5.41) is 1.69. The smallest absolute Gasteiger partial charge is 0.00952 e. The van der Waals surface area contributed by atoms with Crippen LogP contribution in [0.3, 0.4) is 0 Å². The Balaban J connectivity index is 0.000000217. The van der Waals surface area contributed by atoms with Gasteiger partial charge in [-0.1, -0.05) is 149 Å². The number of benzene rings is 1. The molecule has 5 heteroatoms. The average molecular weight is 766 g/mol. The average Bonchev–Trinajstić information content (AvgIpc) is 3.93. The van der Waals surface area contributed by atoms with Gasteiger partial charge in [-0.2, -0.15) is 0 Å². The van der Waals surface area contributed by atoms with Gasteiger partial charge >= 0.3 is 0 Å². The molecule has 0 heterocycles. The maximum Gasteiger partial charge on any atom is 0.00952 e. The first kappa shape index (κ1) is 42.5. The molecule has 0 amide bonds. The molecule has 3 unspecified atom stereocenters. The van der Waals surface area contributed by atoms with E-state index >= 15 is 0 Å². The SMILES string of the molecule is C1CCC(P(C2CCCCC2)C2CCCC2)CC1.C1CCCC1.C[C@H](C1CCCC1P(c1ccccc1)C1CCCC1)N(C)C.[Fe].[Fe]. The van der Waals surface area contributed by atoms with Gasteiger partial charge in [0.2, 0.25) is 0 Å². The Morgan fingerprint density at radius 1 is 0.489 bits per heavy atom. The fourth-order valence-corrected chi connectivity index (χ4v) is 19.2. The van der Waals surface area contributed by atoms with Gasteiger partial charge in [0.25, 0.3) is 0 Å². The van der Waals surface area contributed by atoms with Crippen molar-refractivity contribution in [2.24, 2.45) is 5.92 Å². The molecule has 6 aliphatic carbocycles. The topological polar surface area (TPSA) is 3.24 Å². The summed E-state index contributed by atoms with van der Waals surface area (Å²) in [7, 11) is 4.95. The Bertz CT molecular complexity index is 877. The molecule has 6 saturated carbocycles. The van der Waals surface area contributed by atoms with Gasteiger partial charge in [0, 0.05) is 40.2 Å². The molecule has 7 rings (SSSR count). The summed E-state index contributed by atoms with van der Waals surface area (Å²) in [6.07, 6.45) is 39.9. The van der Waals surface area contributed by atoms with Gasteiger partial charge in [0.1, 0.15) is 0 Å². The molecule has 272 valence electrons. The van der Waals surface area contributed by atoms with Gasteiger partial charge in [0.05, 0.1) is 0 Å². The first-order valence-corrected chi connectivity index (χ1v) is 23.4. The molecule has 6 aliphatic rings. The maximum absolute atomic E-state index is 2.45. The van der Waals surface area contributed by atoms with Gasteiger partial charge < -0.3 is 4.90 Å². The van der Waals surface area contributed by atoms with E-state index in [9.17, 15) is 0 Å². The Morgan fingerprint density at radius 2 is 0.872 bits per heavy atom. The predicted octanol–water partition coefficient (Wildman–Crippen LogP) is 12.9. The molecule has 0 aliphatic heterocycles. The molecule has 6 fully saturated rings. The van der Waals surface area contributed by atoms with Crippen LogP contribution in [0, 0.1) is 5.92 Å². The molecule has 0 radical (unpaired) electrons. The zero-order valence-electron chi connectivity index (χ0n) is 30.9. The largest absolute Gasteiger partial charge is 0.306 e. The summed E-state index contributed by atoms with van der Waals surface area (Å²) in [5.41, 5.74) is 5.54. The van der Waals surface area contributed by atoms with Crippen LogP contribution in [-0.4, -0.2) is 53.3 Å².